The molecule has 22 heavy (non-hydrogen) atoms. The quantitative estimate of drug-likeness (QED) is 0.871. The van der Waals surface area contributed by atoms with Crippen molar-refractivity contribution in [2.24, 2.45) is 5.92 Å². The minimum absolute atomic E-state index is 0.232. The van der Waals surface area contributed by atoms with E-state index in [0.29, 0.717) is 30.9 Å². The molecular formula is C17H19FN2O2. The van der Waals surface area contributed by atoms with E-state index in [2.05, 4.69) is 17.1 Å². The molecule has 0 radical (unpaired) electrons. The molecule has 1 aromatic carbocycles. The van der Waals surface area contributed by atoms with Crippen LogP contribution in [0.2, 0.25) is 0 Å². The number of nitrogens with zero attached hydrogens (tertiary/aromatic N) is 2. The molecule has 5 heteroatoms. The Morgan fingerprint density at radius 1 is 1.14 bits per heavy atom. The van der Waals surface area contributed by atoms with Crippen LogP contribution in [0.5, 0.6) is 0 Å². The normalized spacial score (nSPS) is 26.8. The Morgan fingerprint density at radius 3 is 2.45 bits per heavy atom. The third-order valence-corrected chi connectivity index (χ3v) is 5.02. The zero-order valence-electron chi connectivity index (χ0n) is 12.6. The van der Waals surface area contributed by atoms with E-state index in [4.69, 9.17) is 9.15 Å². The molecule has 2 fully saturated rings. The lowest BCUT2D eigenvalue weighted by molar-refractivity contribution is 0.0540. The molecule has 0 spiro atoms. The number of hydrogen-bond acceptors (Lipinski definition) is 4. The zero-order chi connectivity index (χ0) is 15.2. The van der Waals surface area contributed by atoms with Crippen LogP contribution >= 0.6 is 0 Å². The van der Waals surface area contributed by atoms with Crippen LogP contribution < -0.4 is 0 Å². The molecule has 116 valence electrons. The van der Waals surface area contributed by atoms with Crippen molar-refractivity contribution in [2.45, 2.75) is 37.5 Å². The van der Waals surface area contributed by atoms with E-state index in [0.717, 1.165) is 30.7 Å². The van der Waals surface area contributed by atoms with Crippen LogP contribution in [0.25, 0.3) is 0 Å². The van der Waals surface area contributed by atoms with Gasteiger partial charge in [0.25, 0.3) is 0 Å². The topological polar surface area (TPSA) is 48.2 Å². The van der Waals surface area contributed by atoms with E-state index in [1.807, 2.05) is 12.1 Å². The van der Waals surface area contributed by atoms with Gasteiger partial charge >= 0.3 is 0 Å². The van der Waals surface area contributed by atoms with Gasteiger partial charge in [-0.25, -0.2) is 4.39 Å². The van der Waals surface area contributed by atoms with Gasteiger partial charge in [-0.1, -0.05) is 19.1 Å². The number of benzene rings is 1. The Labute approximate surface area is 128 Å². The molecule has 2 atom stereocenters. The van der Waals surface area contributed by atoms with Crippen LogP contribution in [0, 0.1) is 11.7 Å². The highest BCUT2D eigenvalue weighted by Gasteiger charge is 2.44. The SMILES string of the molecule is C[C@H]1C[C@@H]1c1nnc(C2(c3ccc(F)cc3)CCOCC2)o1. The van der Waals surface area contributed by atoms with E-state index < -0.39 is 0 Å². The fourth-order valence-electron chi connectivity index (χ4n) is 3.36. The Morgan fingerprint density at radius 2 is 1.82 bits per heavy atom. The Balaban J connectivity index is 1.74. The highest BCUT2D eigenvalue weighted by molar-refractivity contribution is 5.33. The van der Waals surface area contributed by atoms with Crippen molar-refractivity contribution in [1.82, 2.24) is 10.2 Å². The molecule has 0 N–H and O–H groups in total. The van der Waals surface area contributed by atoms with Crippen LogP contribution in [0.3, 0.4) is 0 Å². The molecule has 4 rings (SSSR count). The van der Waals surface area contributed by atoms with Crippen molar-refractivity contribution in [3.8, 4) is 0 Å². The molecule has 1 saturated heterocycles. The van der Waals surface area contributed by atoms with E-state index in [1.165, 1.54) is 12.1 Å². The summed E-state index contributed by atoms with van der Waals surface area (Å²) in [6, 6.07) is 6.63. The van der Waals surface area contributed by atoms with Gasteiger partial charge in [0.05, 0.1) is 5.41 Å². The fraction of sp³-hybridized carbons (Fsp3) is 0.529. The third-order valence-electron chi connectivity index (χ3n) is 5.02. The molecule has 0 amide bonds. The van der Waals surface area contributed by atoms with Crippen LogP contribution in [-0.2, 0) is 10.2 Å². The van der Waals surface area contributed by atoms with Crippen molar-refractivity contribution < 1.29 is 13.5 Å². The maximum atomic E-state index is 13.3. The monoisotopic (exact) mass is 302 g/mol. The first kappa shape index (κ1) is 13.9. The van der Waals surface area contributed by atoms with E-state index in [-0.39, 0.29) is 11.2 Å². The van der Waals surface area contributed by atoms with Gasteiger partial charge in [0.15, 0.2) is 0 Å². The largest absolute Gasteiger partial charge is 0.424 e. The third kappa shape index (κ3) is 2.24. The zero-order valence-corrected chi connectivity index (χ0v) is 12.6. The summed E-state index contributed by atoms with van der Waals surface area (Å²) < 4.78 is 24.8. The minimum atomic E-state index is -0.352. The van der Waals surface area contributed by atoms with E-state index in [9.17, 15) is 4.39 Å². The summed E-state index contributed by atoms with van der Waals surface area (Å²) in [5.41, 5.74) is 0.672. The summed E-state index contributed by atoms with van der Waals surface area (Å²) in [5.74, 6) is 2.20. The second kappa shape index (κ2) is 5.16. The summed E-state index contributed by atoms with van der Waals surface area (Å²) in [4.78, 5) is 0. The predicted molar refractivity (Wildman–Crippen MR) is 78.1 cm³/mol. The molecule has 1 aromatic heterocycles. The van der Waals surface area contributed by atoms with Gasteiger partial charge in [-0.3, -0.25) is 0 Å². The standard InChI is InChI=1S/C17H19FN2O2/c1-11-10-14(11)15-19-20-16(22-15)17(6-8-21-9-7-17)12-2-4-13(18)5-3-12/h2-5,11,14H,6-10H2,1H3/t11-,14-/m0/s1. The average molecular weight is 302 g/mol. The Bertz CT molecular complexity index is 662. The number of ether oxygens (including phenoxy) is 1. The average Bonchev–Trinajstić information content (AvgIpc) is 3.08. The van der Waals surface area contributed by atoms with Crippen molar-refractivity contribution in [1.29, 1.82) is 0 Å². The van der Waals surface area contributed by atoms with Crippen molar-refractivity contribution in [3.05, 3.63) is 47.4 Å². The lowest BCUT2D eigenvalue weighted by atomic mass is 9.74. The first-order valence-corrected chi connectivity index (χ1v) is 7.87. The number of aromatic nitrogens is 2. The van der Waals surface area contributed by atoms with Crippen molar-refractivity contribution in [2.75, 3.05) is 13.2 Å². The Kier molecular flexibility index (Phi) is 3.26. The molecular weight excluding hydrogens is 283 g/mol. The summed E-state index contributed by atoms with van der Waals surface area (Å²) >= 11 is 0. The number of hydrogen-bond donors (Lipinski definition) is 0. The van der Waals surface area contributed by atoms with Gasteiger partial charge in [-0.15, -0.1) is 10.2 Å². The van der Waals surface area contributed by atoms with Gasteiger partial charge in [-0.2, -0.15) is 0 Å². The van der Waals surface area contributed by atoms with Gasteiger partial charge < -0.3 is 9.15 Å². The lowest BCUT2D eigenvalue weighted by Crippen LogP contribution is -2.35. The van der Waals surface area contributed by atoms with Gasteiger partial charge in [0.2, 0.25) is 11.8 Å². The van der Waals surface area contributed by atoms with Crippen LogP contribution in [0.4, 0.5) is 4.39 Å². The second-order valence-electron chi connectivity index (χ2n) is 6.47. The molecule has 1 aliphatic carbocycles. The highest BCUT2D eigenvalue weighted by atomic mass is 19.1. The van der Waals surface area contributed by atoms with Gasteiger partial charge in [0.1, 0.15) is 5.82 Å². The first-order valence-electron chi connectivity index (χ1n) is 7.87. The maximum absolute atomic E-state index is 13.3. The summed E-state index contributed by atoms with van der Waals surface area (Å²) in [5, 5.41) is 8.60. The van der Waals surface area contributed by atoms with Crippen LogP contribution in [0.15, 0.2) is 28.7 Å². The Hall–Kier alpha value is -1.75. The summed E-state index contributed by atoms with van der Waals surface area (Å²) in [6.45, 7) is 3.49. The van der Waals surface area contributed by atoms with Gasteiger partial charge in [0, 0.05) is 19.1 Å². The molecule has 2 aromatic rings. The summed E-state index contributed by atoms with van der Waals surface area (Å²) in [7, 11) is 0. The molecule has 1 aliphatic heterocycles. The smallest absolute Gasteiger partial charge is 0.227 e. The van der Waals surface area contributed by atoms with Crippen molar-refractivity contribution >= 4 is 0 Å². The molecule has 2 heterocycles. The lowest BCUT2D eigenvalue weighted by Gasteiger charge is -2.34. The second-order valence-corrected chi connectivity index (χ2v) is 6.47. The maximum Gasteiger partial charge on any atom is 0.227 e. The van der Waals surface area contributed by atoms with Gasteiger partial charge in [-0.05, 0) is 42.9 Å². The molecule has 4 nitrogen and oxygen atoms in total. The first-order chi connectivity index (χ1) is 10.7. The molecule has 0 bridgehead atoms. The molecule has 0 unspecified atom stereocenters. The summed E-state index contributed by atoms with van der Waals surface area (Å²) in [6.07, 6.45) is 2.68. The highest BCUT2D eigenvalue weighted by Crippen LogP contribution is 2.48. The number of rotatable bonds is 3. The fourth-order valence-corrected chi connectivity index (χ4v) is 3.36. The van der Waals surface area contributed by atoms with E-state index >= 15 is 0 Å². The predicted octanol–water partition coefficient (Wildman–Crippen LogP) is 3.43. The van der Waals surface area contributed by atoms with Crippen LogP contribution in [0.1, 0.15) is 49.4 Å². The molecule has 1 saturated carbocycles. The molecule has 2 aliphatic rings. The number of halogens is 1. The van der Waals surface area contributed by atoms with Crippen molar-refractivity contribution in [3.63, 3.8) is 0 Å². The van der Waals surface area contributed by atoms with E-state index in [1.54, 1.807) is 0 Å². The minimum Gasteiger partial charge on any atom is -0.424 e. The van der Waals surface area contributed by atoms with Crippen LogP contribution in [-0.4, -0.2) is 23.4 Å².